The molecule has 1 aliphatic rings. The van der Waals surface area contributed by atoms with E-state index in [1.54, 1.807) is 30.3 Å². The first-order valence-electron chi connectivity index (χ1n) is 10.0. The molecule has 0 aliphatic carbocycles. The van der Waals surface area contributed by atoms with Crippen molar-refractivity contribution < 1.29 is 13.2 Å². The maximum absolute atomic E-state index is 11.6. The molecule has 0 radical (unpaired) electrons. The molecule has 1 aliphatic heterocycles. The Labute approximate surface area is 184 Å². The Bertz CT molecular complexity index is 1030. The van der Waals surface area contributed by atoms with Crippen molar-refractivity contribution in [3.63, 3.8) is 0 Å². The normalized spacial score (nSPS) is 20.6. The van der Waals surface area contributed by atoms with Crippen LogP contribution in [0.3, 0.4) is 0 Å². The zero-order valence-corrected chi connectivity index (χ0v) is 19.1. The third-order valence-corrected chi connectivity index (χ3v) is 6.98. The van der Waals surface area contributed by atoms with Crippen molar-refractivity contribution in [1.29, 1.82) is 5.26 Å². The van der Waals surface area contributed by atoms with Crippen LogP contribution in [0.25, 0.3) is 0 Å². The molecule has 0 saturated carbocycles. The van der Waals surface area contributed by atoms with E-state index in [2.05, 4.69) is 24.8 Å². The van der Waals surface area contributed by atoms with Gasteiger partial charge in [-0.2, -0.15) is 5.26 Å². The van der Waals surface area contributed by atoms with Gasteiger partial charge in [0.1, 0.15) is 5.75 Å². The molecule has 30 heavy (non-hydrogen) atoms. The molecular weight excluding hydrogens is 420 g/mol. The number of hydrogen-bond acceptors (Lipinski definition) is 5. The molecule has 0 amide bonds. The summed E-state index contributed by atoms with van der Waals surface area (Å²) in [6.07, 6.45) is 3.08. The quantitative estimate of drug-likeness (QED) is 0.632. The molecule has 0 aromatic heterocycles. The maximum atomic E-state index is 11.6. The van der Waals surface area contributed by atoms with Gasteiger partial charge in [0.2, 0.25) is 0 Å². The summed E-state index contributed by atoms with van der Waals surface area (Å²) >= 11 is 6.14. The van der Waals surface area contributed by atoms with Gasteiger partial charge in [0.25, 0.3) is 0 Å². The highest BCUT2D eigenvalue weighted by Gasteiger charge is 2.32. The smallest absolute Gasteiger partial charge is 0.175 e. The Morgan fingerprint density at radius 3 is 2.60 bits per heavy atom. The SMILES string of the molecule is C[C@@H]1C[C@H](COc2ccc(S(C)(=O)=O)cc2)CN1[C@@H](C)Cc1cc(Cl)cc(C#N)c1. The first-order chi connectivity index (χ1) is 14.2. The van der Waals surface area contributed by atoms with Crippen LogP contribution in [-0.2, 0) is 16.3 Å². The summed E-state index contributed by atoms with van der Waals surface area (Å²) in [5.74, 6) is 1.09. The summed E-state index contributed by atoms with van der Waals surface area (Å²) in [7, 11) is -3.20. The van der Waals surface area contributed by atoms with Crippen molar-refractivity contribution in [2.24, 2.45) is 5.92 Å². The van der Waals surface area contributed by atoms with Gasteiger partial charge in [-0.15, -0.1) is 0 Å². The number of rotatable bonds is 7. The van der Waals surface area contributed by atoms with Crippen molar-refractivity contribution in [1.82, 2.24) is 4.90 Å². The molecule has 2 aromatic rings. The zero-order chi connectivity index (χ0) is 21.9. The van der Waals surface area contributed by atoms with Crippen LogP contribution in [0.15, 0.2) is 47.4 Å². The summed E-state index contributed by atoms with van der Waals surface area (Å²) in [4.78, 5) is 2.78. The number of benzene rings is 2. The molecule has 3 rings (SSSR count). The number of sulfone groups is 1. The molecule has 0 spiro atoms. The van der Waals surface area contributed by atoms with Crippen LogP contribution in [-0.4, -0.2) is 44.8 Å². The first kappa shape index (κ1) is 22.6. The van der Waals surface area contributed by atoms with Crippen LogP contribution in [0.1, 0.15) is 31.4 Å². The predicted octanol–water partition coefficient (Wildman–Crippen LogP) is 4.34. The average molecular weight is 447 g/mol. The van der Waals surface area contributed by atoms with Gasteiger partial charge >= 0.3 is 0 Å². The van der Waals surface area contributed by atoms with Crippen molar-refractivity contribution in [2.75, 3.05) is 19.4 Å². The molecule has 3 atom stereocenters. The predicted molar refractivity (Wildman–Crippen MR) is 119 cm³/mol. The van der Waals surface area contributed by atoms with E-state index < -0.39 is 9.84 Å². The highest BCUT2D eigenvalue weighted by Crippen LogP contribution is 2.28. The molecule has 0 N–H and O–H groups in total. The Morgan fingerprint density at radius 2 is 1.97 bits per heavy atom. The molecule has 0 bridgehead atoms. The first-order valence-corrected chi connectivity index (χ1v) is 12.3. The molecule has 5 nitrogen and oxygen atoms in total. The van der Waals surface area contributed by atoms with Crippen LogP contribution in [0.4, 0.5) is 0 Å². The van der Waals surface area contributed by atoms with E-state index in [9.17, 15) is 8.42 Å². The maximum Gasteiger partial charge on any atom is 0.175 e. The Hall–Kier alpha value is -2.07. The van der Waals surface area contributed by atoms with Gasteiger partial charge in [-0.25, -0.2) is 8.42 Å². The number of nitrogens with zero attached hydrogens (tertiary/aromatic N) is 2. The van der Waals surface area contributed by atoms with E-state index in [0.717, 1.165) is 24.9 Å². The minimum atomic E-state index is -3.20. The lowest BCUT2D eigenvalue weighted by Gasteiger charge is -2.29. The fourth-order valence-corrected chi connectivity index (χ4v) is 5.08. The number of ether oxygens (including phenoxy) is 1. The van der Waals surface area contributed by atoms with E-state index in [-0.39, 0.29) is 0 Å². The van der Waals surface area contributed by atoms with Gasteiger partial charge in [-0.3, -0.25) is 4.90 Å². The average Bonchev–Trinajstić information content (AvgIpc) is 3.06. The van der Waals surface area contributed by atoms with Gasteiger partial charge in [0, 0.05) is 35.8 Å². The molecule has 1 saturated heterocycles. The summed E-state index contributed by atoms with van der Waals surface area (Å²) < 4.78 is 29.0. The second-order valence-corrected chi connectivity index (χ2v) is 10.7. The fourth-order valence-electron chi connectivity index (χ4n) is 4.19. The standard InChI is InChI=1S/C23H27ClN2O3S/c1-16(8-18-10-19(13-25)12-21(24)11-18)26-14-20(9-17(26)2)15-29-22-4-6-23(7-5-22)30(3,27)28/h4-7,10-12,16-17,20H,8-9,14-15H2,1-3H3/t16-,17+,20-/m0/s1. The van der Waals surface area contributed by atoms with Crippen molar-refractivity contribution in [3.05, 3.63) is 58.6 Å². The Kier molecular flexibility index (Phi) is 7.07. The molecule has 1 heterocycles. The van der Waals surface area contributed by atoms with Crippen molar-refractivity contribution in [3.8, 4) is 11.8 Å². The fraction of sp³-hybridized carbons (Fsp3) is 0.435. The highest BCUT2D eigenvalue weighted by molar-refractivity contribution is 7.90. The monoisotopic (exact) mass is 446 g/mol. The van der Waals surface area contributed by atoms with E-state index in [1.807, 2.05) is 12.1 Å². The molecule has 1 fully saturated rings. The van der Waals surface area contributed by atoms with E-state index in [4.69, 9.17) is 21.6 Å². The van der Waals surface area contributed by atoms with E-state index in [0.29, 0.717) is 45.8 Å². The summed E-state index contributed by atoms with van der Waals surface area (Å²) in [6, 6.07) is 15.0. The largest absolute Gasteiger partial charge is 0.493 e. The van der Waals surface area contributed by atoms with Crippen LogP contribution < -0.4 is 4.74 Å². The number of hydrogen-bond donors (Lipinski definition) is 0. The second kappa shape index (κ2) is 9.38. The third-order valence-electron chi connectivity index (χ3n) is 5.63. The van der Waals surface area contributed by atoms with Gasteiger partial charge in [-0.05, 0) is 74.7 Å². The lowest BCUT2D eigenvalue weighted by Crippen LogP contribution is -2.37. The third kappa shape index (κ3) is 5.75. The van der Waals surface area contributed by atoms with Crippen LogP contribution in [0, 0.1) is 17.2 Å². The van der Waals surface area contributed by atoms with E-state index >= 15 is 0 Å². The number of halogens is 1. The second-order valence-electron chi connectivity index (χ2n) is 8.22. The summed E-state index contributed by atoms with van der Waals surface area (Å²) in [5, 5.41) is 9.75. The molecule has 0 unspecified atom stereocenters. The lowest BCUT2D eigenvalue weighted by atomic mass is 10.0. The number of nitriles is 1. The molecule has 2 aromatic carbocycles. The van der Waals surface area contributed by atoms with E-state index in [1.165, 1.54) is 6.26 Å². The molecular formula is C23H27ClN2O3S. The summed E-state index contributed by atoms with van der Waals surface area (Å²) in [5.41, 5.74) is 1.66. The lowest BCUT2D eigenvalue weighted by molar-refractivity contribution is 0.188. The van der Waals surface area contributed by atoms with Crippen molar-refractivity contribution in [2.45, 2.75) is 43.7 Å². The van der Waals surface area contributed by atoms with Crippen LogP contribution in [0.2, 0.25) is 5.02 Å². The Morgan fingerprint density at radius 1 is 1.27 bits per heavy atom. The Balaban J connectivity index is 1.56. The van der Waals surface area contributed by atoms with Gasteiger partial charge < -0.3 is 4.74 Å². The molecule has 7 heteroatoms. The van der Waals surface area contributed by atoms with Gasteiger partial charge in [0.05, 0.1) is 23.1 Å². The van der Waals surface area contributed by atoms with Crippen LogP contribution >= 0.6 is 11.6 Å². The minimum Gasteiger partial charge on any atom is -0.493 e. The van der Waals surface area contributed by atoms with Gasteiger partial charge in [0.15, 0.2) is 9.84 Å². The topological polar surface area (TPSA) is 70.4 Å². The zero-order valence-electron chi connectivity index (χ0n) is 17.5. The summed E-state index contributed by atoms with van der Waals surface area (Å²) in [6.45, 7) is 5.98. The molecule has 160 valence electrons. The van der Waals surface area contributed by atoms with Crippen molar-refractivity contribution >= 4 is 21.4 Å². The highest BCUT2D eigenvalue weighted by atomic mass is 35.5. The number of likely N-dealkylation sites (tertiary alicyclic amines) is 1. The van der Waals surface area contributed by atoms with Crippen LogP contribution in [0.5, 0.6) is 5.75 Å². The minimum absolute atomic E-state index is 0.296. The van der Waals surface area contributed by atoms with Gasteiger partial charge in [-0.1, -0.05) is 11.6 Å².